The zero-order chi connectivity index (χ0) is 20.2. The van der Waals surface area contributed by atoms with Crippen LogP contribution in [-0.4, -0.2) is 11.9 Å². The number of hydrogen-bond donors (Lipinski definition) is 0. The number of hydrogen-bond acceptors (Lipinski definition) is 4. The first-order chi connectivity index (χ1) is 14.1. The summed E-state index contributed by atoms with van der Waals surface area (Å²) in [4.78, 5) is 16.5. The van der Waals surface area contributed by atoms with E-state index in [0.29, 0.717) is 12.5 Å². The second-order valence-corrected chi connectivity index (χ2v) is 8.82. The Morgan fingerprint density at radius 1 is 0.931 bits per heavy atom. The van der Waals surface area contributed by atoms with Crippen molar-refractivity contribution >= 4 is 63.1 Å². The summed E-state index contributed by atoms with van der Waals surface area (Å²) in [6.07, 6.45) is 1.71. The average molecular weight is 607 g/mol. The number of rotatable bonds is 5. The molecule has 144 valence electrons. The third kappa shape index (κ3) is 5.24. The summed E-state index contributed by atoms with van der Waals surface area (Å²) in [6.45, 7) is 0.507. The molecule has 6 heteroatoms. The number of nitrogens with zero attached hydrogens (tertiary/aromatic N) is 1. The van der Waals surface area contributed by atoms with E-state index in [4.69, 9.17) is 9.47 Å². The van der Waals surface area contributed by atoms with Crippen molar-refractivity contribution in [3.05, 3.63) is 102 Å². The van der Waals surface area contributed by atoms with Crippen molar-refractivity contribution in [3.8, 4) is 5.75 Å². The minimum atomic E-state index is -0.447. The van der Waals surface area contributed by atoms with E-state index in [9.17, 15) is 4.79 Å². The topological polar surface area (TPSA) is 47.9 Å². The SMILES string of the molecule is O=C1OC(c2ccc(I)cc2)=N/C1=C\c1ccc(OCc2cccc(I)c2)cc1. The molecule has 0 saturated carbocycles. The molecule has 0 unspecified atom stereocenters. The van der Waals surface area contributed by atoms with Gasteiger partial charge in [0.15, 0.2) is 5.70 Å². The van der Waals surface area contributed by atoms with Crippen LogP contribution < -0.4 is 4.74 Å². The van der Waals surface area contributed by atoms with Gasteiger partial charge in [-0.3, -0.25) is 0 Å². The van der Waals surface area contributed by atoms with Crippen molar-refractivity contribution in [2.24, 2.45) is 4.99 Å². The zero-order valence-corrected chi connectivity index (χ0v) is 19.5. The van der Waals surface area contributed by atoms with E-state index in [2.05, 4.69) is 56.2 Å². The summed E-state index contributed by atoms with van der Waals surface area (Å²) < 4.78 is 13.4. The number of esters is 1. The van der Waals surface area contributed by atoms with Gasteiger partial charge < -0.3 is 9.47 Å². The number of cyclic esters (lactones) is 1. The second-order valence-electron chi connectivity index (χ2n) is 6.33. The van der Waals surface area contributed by atoms with E-state index in [1.54, 1.807) is 6.08 Å². The molecule has 0 N–H and O–H groups in total. The van der Waals surface area contributed by atoms with Crippen molar-refractivity contribution in [1.82, 2.24) is 0 Å². The van der Waals surface area contributed by atoms with Crippen LogP contribution >= 0.6 is 45.2 Å². The summed E-state index contributed by atoms with van der Waals surface area (Å²) in [7, 11) is 0. The molecule has 0 bridgehead atoms. The predicted octanol–water partition coefficient (Wildman–Crippen LogP) is 5.82. The van der Waals surface area contributed by atoms with Gasteiger partial charge in [-0.1, -0.05) is 24.3 Å². The fourth-order valence-corrected chi connectivity index (χ4v) is 3.70. The highest BCUT2D eigenvalue weighted by atomic mass is 127. The van der Waals surface area contributed by atoms with Gasteiger partial charge >= 0.3 is 5.97 Å². The van der Waals surface area contributed by atoms with Crippen molar-refractivity contribution in [2.75, 3.05) is 0 Å². The number of halogens is 2. The predicted molar refractivity (Wildman–Crippen MR) is 130 cm³/mol. The van der Waals surface area contributed by atoms with E-state index < -0.39 is 5.97 Å². The average Bonchev–Trinajstić information content (AvgIpc) is 3.08. The first-order valence-electron chi connectivity index (χ1n) is 8.83. The Kier molecular flexibility index (Phi) is 6.29. The molecule has 1 aliphatic heterocycles. The molecule has 1 heterocycles. The maximum atomic E-state index is 12.2. The summed E-state index contributed by atoms with van der Waals surface area (Å²) >= 11 is 4.51. The van der Waals surface area contributed by atoms with E-state index in [1.165, 1.54) is 3.57 Å². The molecule has 1 aliphatic rings. The fourth-order valence-electron chi connectivity index (χ4n) is 2.74. The molecule has 0 aliphatic carbocycles. The number of carbonyl (C=O) groups excluding carboxylic acids is 1. The van der Waals surface area contributed by atoms with Crippen LogP contribution in [0.1, 0.15) is 16.7 Å². The lowest BCUT2D eigenvalue weighted by Crippen LogP contribution is -2.05. The summed E-state index contributed by atoms with van der Waals surface area (Å²) in [6, 6.07) is 23.4. The molecule has 0 atom stereocenters. The van der Waals surface area contributed by atoms with Crippen LogP contribution in [0.15, 0.2) is 83.5 Å². The zero-order valence-electron chi connectivity index (χ0n) is 15.1. The van der Waals surface area contributed by atoms with Crippen LogP contribution in [0.5, 0.6) is 5.75 Å². The van der Waals surface area contributed by atoms with Crippen molar-refractivity contribution in [3.63, 3.8) is 0 Å². The number of carbonyl (C=O) groups is 1. The van der Waals surface area contributed by atoms with Gasteiger partial charge in [0.05, 0.1) is 0 Å². The first kappa shape index (κ1) is 20.1. The lowest BCUT2D eigenvalue weighted by Gasteiger charge is -2.07. The van der Waals surface area contributed by atoms with Gasteiger partial charge in [0.2, 0.25) is 5.90 Å². The van der Waals surface area contributed by atoms with Gasteiger partial charge in [-0.05, 0) is 111 Å². The molecule has 0 aromatic heterocycles. The quantitative estimate of drug-likeness (QED) is 0.209. The van der Waals surface area contributed by atoms with Crippen LogP contribution in [0, 0.1) is 7.14 Å². The van der Waals surface area contributed by atoms with Crippen LogP contribution in [-0.2, 0) is 16.1 Å². The third-order valence-electron chi connectivity index (χ3n) is 4.19. The Morgan fingerprint density at radius 2 is 1.69 bits per heavy atom. The largest absolute Gasteiger partial charge is 0.489 e. The fraction of sp³-hybridized carbons (Fsp3) is 0.0435. The Hall–Kier alpha value is -2.20. The number of aliphatic imine (C=N–C) groups is 1. The van der Waals surface area contributed by atoms with Crippen LogP contribution in [0.2, 0.25) is 0 Å². The van der Waals surface area contributed by atoms with Crippen molar-refractivity contribution in [2.45, 2.75) is 6.61 Å². The monoisotopic (exact) mass is 607 g/mol. The van der Waals surface area contributed by atoms with Gasteiger partial charge in [0, 0.05) is 12.7 Å². The minimum Gasteiger partial charge on any atom is -0.489 e. The van der Waals surface area contributed by atoms with Crippen LogP contribution in [0.3, 0.4) is 0 Å². The van der Waals surface area contributed by atoms with E-state index in [1.807, 2.05) is 66.7 Å². The molecule has 0 radical (unpaired) electrons. The Morgan fingerprint density at radius 3 is 2.41 bits per heavy atom. The summed E-state index contributed by atoms with van der Waals surface area (Å²) in [5, 5.41) is 0. The molecule has 4 rings (SSSR count). The van der Waals surface area contributed by atoms with Crippen LogP contribution in [0.4, 0.5) is 0 Å². The maximum Gasteiger partial charge on any atom is 0.363 e. The second kappa shape index (κ2) is 9.08. The minimum absolute atomic E-state index is 0.283. The maximum absolute atomic E-state index is 12.2. The van der Waals surface area contributed by atoms with E-state index >= 15 is 0 Å². The lowest BCUT2D eigenvalue weighted by atomic mass is 10.2. The Labute approximate surface area is 195 Å². The molecular formula is C23H15I2NO3. The highest BCUT2D eigenvalue weighted by Gasteiger charge is 2.24. The molecular weight excluding hydrogens is 592 g/mol. The van der Waals surface area contributed by atoms with Crippen LogP contribution in [0.25, 0.3) is 6.08 Å². The molecule has 0 amide bonds. The standard InChI is InChI=1S/C23H15I2NO3/c24-18-8-6-17(7-9-18)22-26-21(23(27)29-22)13-15-4-10-20(11-5-15)28-14-16-2-1-3-19(25)12-16/h1-13H,14H2/b21-13-. The Balaban J connectivity index is 1.45. The number of benzene rings is 3. The van der Waals surface area contributed by atoms with E-state index in [-0.39, 0.29) is 5.70 Å². The Bertz CT molecular complexity index is 1100. The van der Waals surface area contributed by atoms with Crippen molar-refractivity contribution < 1.29 is 14.3 Å². The smallest absolute Gasteiger partial charge is 0.363 e. The van der Waals surface area contributed by atoms with Gasteiger partial charge in [-0.25, -0.2) is 9.79 Å². The molecule has 0 fully saturated rings. The van der Waals surface area contributed by atoms with Gasteiger partial charge in [-0.15, -0.1) is 0 Å². The molecule has 3 aromatic carbocycles. The third-order valence-corrected chi connectivity index (χ3v) is 5.58. The summed E-state index contributed by atoms with van der Waals surface area (Å²) in [5.74, 6) is 0.649. The molecule has 3 aromatic rings. The number of ether oxygens (including phenoxy) is 2. The van der Waals surface area contributed by atoms with Gasteiger partial charge in [-0.2, -0.15) is 0 Å². The molecule has 0 saturated heterocycles. The van der Waals surface area contributed by atoms with Crippen molar-refractivity contribution in [1.29, 1.82) is 0 Å². The normalized spacial score (nSPS) is 14.6. The lowest BCUT2D eigenvalue weighted by molar-refractivity contribution is -0.129. The highest BCUT2D eigenvalue weighted by Crippen LogP contribution is 2.21. The molecule has 29 heavy (non-hydrogen) atoms. The van der Waals surface area contributed by atoms with Gasteiger partial charge in [0.1, 0.15) is 12.4 Å². The first-order valence-corrected chi connectivity index (χ1v) is 11.0. The molecule has 0 spiro atoms. The highest BCUT2D eigenvalue weighted by molar-refractivity contribution is 14.1. The molecule has 4 nitrogen and oxygen atoms in total. The van der Waals surface area contributed by atoms with Gasteiger partial charge in [0.25, 0.3) is 0 Å². The van der Waals surface area contributed by atoms with E-state index in [0.717, 1.165) is 26.0 Å². The summed E-state index contributed by atoms with van der Waals surface area (Å²) in [5.41, 5.74) is 3.04.